The molecule has 0 spiro atoms. The molecule has 1 amide bonds. The third-order valence-corrected chi connectivity index (χ3v) is 7.60. The number of anilines is 1. The average Bonchev–Trinajstić information content (AvgIpc) is 3.37. The van der Waals surface area contributed by atoms with Gasteiger partial charge >= 0.3 is 5.97 Å². The van der Waals surface area contributed by atoms with E-state index in [2.05, 4.69) is 4.98 Å². The maximum atomic E-state index is 14.0. The molecule has 2 aromatic heterocycles. The van der Waals surface area contributed by atoms with Crippen LogP contribution in [0.15, 0.2) is 56.6 Å². The van der Waals surface area contributed by atoms with Gasteiger partial charge in [0, 0.05) is 4.90 Å². The molecule has 0 bridgehead atoms. The standard InChI is InChI=1S/C25H19FN2O5S2/c1-4-32-24(31)22-12(2)27-25(35-22)28-19(13-5-8-15(34-3)9-6-13)18-20(29)16-11-14(26)7-10-17(16)33-21(18)23(28)30/h5-11,19H,4H2,1-3H3. The SMILES string of the molecule is CCOC(=O)c1sc(N2C(=O)c3oc4ccc(F)cc4c(=O)c3C2c2ccc(SC)cc2)nc1C. The number of hydrogen-bond donors (Lipinski definition) is 0. The van der Waals surface area contributed by atoms with Crippen molar-refractivity contribution in [3.63, 3.8) is 0 Å². The minimum Gasteiger partial charge on any atom is -0.462 e. The van der Waals surface area contributed by atoms with Crippen LogP contribution in [-0.2, 0) is 4.74 Å². The van der Waals surface area contributed by atoms with Gasteiger partial charge in [0.25, 0.3) is 5.91 Å². The first-order chi connectivity index (χ1) is 16.8. The van der Waals surface area contributed by atoms with Gasteiger partial charge in [0.15, 0.2) is 10.6 Å². The third kappa shape index (κ3) is 3.82. The molecule has 4 aromatic rings. The first-order valence-corrected chi connectivity index (χ1v) is 12.8. The topological polar surface area (TPSA) is 89.7 Å². The lowest BCUT2D eigenvalue weighted by atomic mass is 9.99. The predicted octanol–water partition coefficient (Wildman–Crippen LogP) is 5.35. The molecule has 10 heteroatoms. The normalized spacial score (nSPS) is 15.0. The number of aryl methyl sites for hydroxylation is 1. The summed E-state index contributed by atoms with van der Waals surface area (Å²) in [6.45, 7) is 3.56. The summed E-state index contributed by atoms with van der Waals surface area (Å²) < 4.78 is 24.9. The van der Waals surface area contributed by atoms with E-state index in [0.29, 0.717) is 11.3 Å². The van der Waals surface area contributed by atoms with Gasteiger partial charge in [-0.15, -0.1) is 11.8 Å². The number of ether oxygens (including phenoxy) is 1. The van der Waals surface area contributed by atoms with Crippen LogP contribution in [0.4, 0.5) is 9.52 Å². The van der Waals surface area contributed by atoms with Crippen LogP contribution >= 0.6 is 23.1 Å². The first kappa shape index (κ1) is 23.3. The number of aromatic nitrogens is 1. The second-order valence-electron chi connectivity index (χ2n) is 7.80. The minimum absolute atomic E-state index is 0.0478. The second-order valence-corrected chi connectivity index (χ2v) is 9.65. The van der Waals surface area contributed by atoms with Gasteiger partial charge in [-0.2, -0.15) is 0 Å². The van der Waals surface area contributed by atoms with E-state index < -0.39 is 29.2 Å². The molecule has 1 unspecified atom stereocenters. The molecule has 1 atom stereocenters. The molecule has 0 saturated heterocycles. The van der Waals surface area contributed by atoms with Crippen LogP contribution in [0.1, 0.15) is 50.0 Å². The third-order valence-electron chi connectivity index (χ3n) is 5.72. The fourth-order valence-corrected chi connectivity index (χ4v) is 5.51. The van der Waals surface area contributed by atoms with Crippen molar-refractivity contribution in [3.8, 4) is 0 Å². The number of esters is 1. The van der Waals surface area contributed by atoms with Gasteiger partial charge in [-0.1, -0.05) is 23.5 Å². The Morgan fingerprint density at radius 2 is 1.97 bits per heavy atom. The summed E-state index contributed by atoms with van der Waals surface area (Å²) in [5.74, 6) is -1.80. The highest BCUT2D eigenvalue weighted by Crippen LogP contribution is 2.43. The van der Waals surface area contributed by atoms with Crippen LogP contribution < -0.4 is 10.3 Å². The highest BCUT2D eigenvalue weighted by molar-refractivity contribution is 7.98. The molecule has 0 N–H and O–H groups in total. The van der Waals surface area contributed by atoms with E-state index in [1.807, 2.05) is 30.5 Å². The quantitative estimate of drug-likeness (QED) is 0.264. The number of halogens is 1. The van der Waals surface area contributed by atoms with E-state index in [0.717, 1.165) is 22.3 Å². The van der Waals surface area contributed by atoms with E-state index in [-0.39, 0.29) is 38.9 Å². The summed E-state index contributed by atoms with van der Waals surface area (Å²) in [6, 6.07) is 10.2. The molecule has 0 fully saturated rings. The number of rotatable bonds is 5. The van der Waals surface area contributed by atoms with E-state index in [9.17, 15) is 18.8 Å². The van der Waals surface area contributed by atoms with Gasteiger partial charge in [-0.05, 0) is 56.0 Å². The molecule has 7 nitrogen and oxygen atoms in total. The van der Waals surface area contributed by atoms with Gasteiger partial charge in [0.2, 0.25) is 5.76 Å². The zero-order valence-corrected chi connectivity index (χ0v) is 20.6. The van der Waals surface area contributed by atoms with Gasteiger partial charge in [0.05, 0.1) is 29.3 Å². The fraction of sp³-hybridized carbons (Fsp3) is 0.200. The van der Waals surface area contributed by atoms with E-state index in [4.69, 9.17) is 9.15 Å². The van der Waals surface area contributed by atoms with Crippen LogP contribution in [0.3, 0.4) is 0 Å². The largest absolute Gasteiger partial charge is 0.462 e. The molecular formula is C25H19FN2O5S2. The van der Waals surface area contributed by atoms with E-state index in [1.54, 1.807) is 25.6 Å². The Morgan fingerprint density at radius 1 is 1.23 bits per heavy atom. The van der Waals surface area contributed by atoms with Crippen molar-refractivity contribution in [3.05, 3.63) is 86.0 Å². The Bertz CT molecular complexity index is 1540. The molecule has 0 radical (unpaired) electrons. The fourth-order valence-electron chi connectivity index (χ4n) is 4.12. The Labute approximate surface area is 207 Å². The minimum atomic E-state index is -0.863. The zero-order chi connectivity index (χ0) is 24.9. The first-order valence-electron chi connectivity index (χ1n) is 10.7. The van der Waals surface area contributed by atoms with Crippen molar-refractivity contribution in [2.45, 2.75) is 24.8 Å². The molecule has 0 saturated carbocycles. The van der Waals surface area contributed by atoms with Crippen molar-refractivity contribution in [2.24, 2.45) is 0 Å². The van der Waals surface area contributed by atoms with Crippen LogP contribution in [0.5, 0.6) is 0 Å². The lowest BCUT2D eigenvalue weighted by molar-refractivity contribution is 0.0531. The highest BCUT2D eigenvalue weighted by Gasteiger charge is 2.45. The molecule has 3 heterocycles. The molecule has 35 heavy (non-hydrogen) atoms. The predicted molar refractivity (Wildman–Crippen MR) is 132 cm³/mol. The van der Waals surface area contributed by atoms with Crippen LogP contribution in [-0.4, -0.2) is 29.7 Å². The summed E-state index contributed by atoms with van der Waals surface area (Å²) in [7, 11) is 0. The van der Waals surface area contributed by atoms with Crippen LogP contribution in [0.25, 0.3) is 11.0 Å². The number of thioether (sulfide) groups is 1. The molecule has 1 aliphatic rings. The molecule has 2 aromatic carbocycles. The Hall–Kier alpha value is -3.50. The number of thiazole rings is 1. The summed E-state index contributed by atoms with van der Waals surface area (Å²) in [6.07, 6.45) is 1.94. The maximum Gasteiger partial charge on any atom is 0.350 e. The van der Waals surface area contributed by atoms with Gasteiger partial charge < -0.3 is 9.15 Å². The summed E-state index contributed by atoms with van der Waals surface area (Å²) in [5.41, 5.74) is 0.799. The molecule has 5 rings (SSSR count). The van der Waals surface area contributed by atoms with Gasteiger partial charge in [-0.3, -0.25) is 14.5 Å². The van der Waals surface area contributed by atoms with Crippen molar-refractivity contribution in [2.75, 3.05) is 17.8 Å². The van der Waals surface area contributed by atoms with Crippen LogP contribution in [0.2, 0.25) is 0 Å². The molecule has 1 aliphatic heterocycles. The second kappa shape index (κ2) is 8.94. The van der Waals surface area contributed by atoms with Crippen molar-refractivity contribution >= 4 is 51.1 Å². The number of hydrogen-bond acceptors (Lipinski definition) is 8. The van der Waals surface area contributed by atoms with Crippen LogP contribution in [0, 0.1) is 12.7 Å². The Kier molecular flexibility index (Phi) is 5.94. The number of carbonyl (C=O) groups excluding carboxylic acids is 2. The number of carbonyl (C=O) groups is 2. The van der Waals surface area contributed by atoms with Gasteiger partial charge in [0.1, 0.15) is 16.3 Å². The van der Waals surface area contributed by atoms with E-state index >= 15 is 0 Å². The number of benzene rings is 2. The van der Waals surface area contributed by atoms with Crippen molar-refractivity contribution in [1.29, 1.82) is 0 Å². The Morgan fingerprint density at radius 3 is 2.66 bits per heavy atom. The van der Waals surface area contributed by atoms with Gasteiger partial charge in [-0.25, -0.2) is 14.2 Å². The molecular weight excluding hydrogens is 491 g/mol. The van der Waals surface area contributed by atoms with Crippen molar-refractivity contribution in [1.82, 2.24) is 4.98 Å². The lowest BCUT2D eigenvalue weighted by Crippen LogP contribution is -2.29. The maximum absolute atomic E-state index is 14.0. The monoisotopic (exact) mass is 510 g/mol. The van der Waals surface area contributed by atoms with Crippen molar-refractivity contribution < 1.29 is 23.1 Å². The van der Waals surface area contributed by atoms with E-state index in [1.165, 1.54) is 17.0 Å². The zero-order valence-electron chi connectivity index (χ0n) is 19.0. The summed E-state index contributed by atoms with van der Waals surface area (Å²) in [5, 5.41) is 0.280. The summed E-state index contributed by atoms with van der Waals surface area (Å²) in [4.78, 5) is 46.7. The molecule has 178 valence electrons. The summed E-state index contributed by atoms with van der Waals surface area (Å²) >= 11 is 2.57. The number of fused-ring (bicyclic) bond motifs is 2. The highest BCUT2D eigenvalue weighted by atomic mass is 32.2. The number of amides is 1. The Balaban J connectivity index is 1.74. The smallest absolute Gasteiger partial charge is 0.350 e. The average molecular weight is 511 g/mol. The lowest BCUT2D eigenvalue weighted by Gasteiger charge is -2.22. The molecule has 0 aliphatic carbocycles. The number of nitrogens with zero attached hydrogens (tertiary/aromatic N) is 2.